The molecule has 0 saturated heterocycles. The minimum Gasteiger partial charge on any atom is -0.103 e. The minimum atomic E-state index is 1.19. The highest BCUT2D eigenvalue weighted by molar-refractivity contribution is 5.00. The van der Waals surface area contributed by atoms with Crippen molar-refractivity contribution in [2.24, 2.45) is 0 Å². The van der Waals surface area contributed by atoms with Gasteiger partial charge in [-0.3, -0.25) is 0 Å². The summed E-state index contributed by atoms with van der Waals surface area (Å²) in [5.74, 6) is 0. The highest BCUT2D eigenvalue weighted by atomic mass is 13.9. The van der Waals surface area contributed by atoms with E-state index in [4.69, 9.17) is 0 Å². The van der Waals surface area contributed by atoms with E-state index in [0.717, 1.165) is 0 Å². The molecule has 15 heavy (non-hydrogen) atoms. The van der Waals surface area contributed by atoms with E-state index < -0.39 is 0 Å². The summed E-state index contributed by atoms with van der Waals surface area (Å²) in [7, 11) is 0. The Morgan fingerprint density at radius 2 is 1.40 bits per heavy atom. The Hall–Kier alpha value is -0.780. The van der Waals surface area contributed by atoms with Crippen LogP contribution in [0.5, 0.6) is 0 Å². The van der Waals surface area contributed by atoms with Crippen LogP contribution in [-0.4, -0.2) is 0 Å². The SMILES string of the molecule is C=CCCCCCCCC/C=C/C=C\C. The van der Waals surface area contributed by atoms with Crippen LogP contribution < -0.4 is 0 Å². The summed E-state index contributed by atoms with van der Waals surface area (Å²) in [4.78, 5) is 0. The summed E-state index contributed by atoms with van der Waals surface area (Å²) < 4.78 is 0. The molecule has 0 heterocycles. The molecule has 0 aliphatic heterocycles. The Morgan fingerprint density at radius 1 is 0.800 bits per heavy atom. The zero-order valence-corrected chi connectivity index (χ0v) is 10.3. The van der Waals surface area contributed by atoms with Crippen LogP contribution in [0.3, 0.4) is 0 Å². The third kappa shape index (κ3) is 13.2. The highest BCUT2D eigenvalue weighted by Gasteiger charge is 1.89. The van der Waals surface area contributed by atoms with Crippen LogP contribution in [-0.2, 0) is 0 Å². The lowest BCUT2D eigenvalue weighted by molar-refractivity contribution is 0.600. The molecule has 0 aliphatic carbocycles. The Kier molecular flexibility index (Phi) is 12.5. The van der Waals surface area contributed by atoms with Gasteiger partial charge in [0.25, 0.3) is 0 Å². The van der Waals surface area contributed by atoms with E-state index in [2.05, 4.69) is 30.9 Å². The fourth-order valence-corrected chi connectivity index (χ4v) is 1.54. The van der Waals surface area contributed by atoms with E-state index in [0.29, 0.717) is 0 Å². The topological polar surface area (TPSA) is 0 Å². The van der Waals surface area contributed by atoms with Crippen LogP contribution in [0.2, 0.25) is 0 Å². The Balaban J connectivity index is 3.01. The maximum atomic E-state index is 3.73. The quantitative estimate of drug-likeness (QED) is 0.254. The summed E-state index contributed by atoms with van der Waals surface area (Å²) in [6.45, 7) is 5.78. The summed E-state index contributed by atoms with van der Waals surface area (Å²) >= 11 is 0. The fraction of sp³-hybridized carbons (Fsp3) is 0.600. The first-order valence-electron chi connectivity index (χ1n) is 6.30. The van der Waals surface area contributed by atoms with Crippen molar-refractivity contribution in [1.82, 2.24) is 0 Å². The van der Waals surface area contributed by atoms with Crippen molar-refractivity contribution in [3.8, 4) is 0 Å². The van der Waals surface area contributed by atoms with Crippen LogP contribution in [0.25, 0.3) is 0 Å². The predicted octanol–water partition coefficient (Wildman–Crippen LogP) is 5.43. The van der Waals surface area contributed by atoms with Crippen LogP contribution in [0.4, 0.5) is 0 Å². The predicted molar refractivity (Wildman–Crippen MR) is 71.1 cm³/mol. The van der Waals surface area contributed by atoms with Crippen molar-refractivity contribution >= 4 is 0 Å². The fourth-order valence-electron chi connectivity index (χ4n) is 1.54. The molecule has 0 atom stereocenters. The van der Waals surface area contributed by atoms with Crippen molar-refractivity contribution in [2.45, 2.75) is 58.3 Å². The second-order valence-corrected chi connectivity index (χ2v) is 3.94. The van der Waals surface area contributed by atoms with Gasteiger partial charge < -0.3 is 0 Å². The Morgan fingerprint density at radius 3 is 2.00 bits per heavy atom. The van der Waals surface area contributed by atoms with Crippen LogP contribution >= 0.6 is 0 Å². The van der Waals surface area contributed by atoms with Crippen molar-refractivity contribution in [1.29, 1.82) is 0 Å². The Labute approximate surface area is 95.8 Å². The van der Waals surface area contributed by atoms with Crippen molar-refractivity contribution in [3.63, 3.8) is 0 Å². The molecular formula is C15H26. The van der Waals surface area contributed by atoms with E-state index in [9.17, 15) is 0 Å². The molecule has 0 aromatic rings. The van der Waals surface area contributed by atoms with Gasteiger partial charge in [-0.15, -0.1) is 6.58 Å². The molecule has 0 aromatic heterocycles. The Bertz CT molecular complexity index is 174. The summed E-state index contributed by atoms with van der Waals surface area (Å²) in [6.07, 6.45) is 21.2. The molecule has 0 amide bonds. The lowest BCUT2D eigenvalue weighted by atomic mass is 10.1. The van der Waals surface area contributed by atoms with Gasteiger partial charge in [-0.05, 0) is 32.6 Å². The molecule has 0 radical (unpaired) electrons. The lowest BCUT2D eigenvalue weighted by Crippen LogP contribution is -1.79. The maximum absolute atomic E-state index is 3.73. The van der Waals surface area contributed by atoms with Gasteiger partial charge in [-0.25, -0.2) is 0 Å². The van der Waals surface area contributed by atoms with Gasteiger partial charge in [0.2, 0.25) is 0 Å². The molecule has 0 spiro atoms. The van der Waals surface area contributed by atoms with E-state index >= 15 is 0 Å². The monoisotopic (exact) mass is 206 g/mol. The molecule has 0 saturated carbocycles. The number of unbranched alkanes of at least 4 members (excludes halogenated alkanes) is 7. The van der Waals surface area contributed by atoms with Crippen molar-refractivity contribution in [2.75, 3.05) is 0 Å². The molecule has 0 nitrogen and oxygen atoms in total. The molecule has 0 aromatic carbocycles. The van der Waals surface area contributed by atoms with Crippen LogP contribution in [0.15, 0.2) is 37.0 Å². The van der Waals surface area contributed by atoms with E-state index in [1.54, 1.807) is 0 Å². The number of hydrogen-bond donors (Lipinski definition) is 0. The summed E-state index contributed by atoms with van der Waals surface area (Å²) in [5.41, 5.74) is 0. The number of allylic oxidation sites excluding steroid dienone is 5. The molecule has 0 N–H and O–H groups in total. The van der Waals surface area contributed by atoms with Crippen LogP contribution in [0, 0.1) is 0 Å². The van der Waals surface area contributed by atoms with Crippen LogP contribution in [0.1, 0.15) is 58.3 Å². The second-order valence-electron chi connectivity index (χ2n) is 3.94. The number of hydrogen-bond acceptors (Lipinski definition) is 0. The summed E-state index contributed by atoms with van der Waals surface area (Å²) in [5, 5.41) is 0. The smallest absolute Gasteiger partial charge is 0.0348 e. The largest absolute Gasteiger partial charge is 0.103 e. The molecule has 0 aliphatic rings. The minimum absolute atomic E-state index is 1.19. The number of rotatable bonds is 10. The molecule has 0 bridgehead atoms. The average Bonchev–Trinajstić information content (AvgIpc) is 2.26. The van der Waals surface area contributed by atoms with Crippen molar-refractivity contribution in [3.05, 3.63) is 37.0 Å². The first-order valence-corrected chi connectivity index (χ1v) is 6.30. The van der Waals surface area contributed by atoms with E-state index in [1.165, 1.54) is 51.4 Å². The zero-order valence-electron chi connectivity index (χ0n) is 10.3. The molecule has 0 heteroatoms. The van der Waals surface area contributed by atoms with Gasteiger partial charge in [-0.1, -0.05) is 56.1 Å². The standard InChI is InChI=1S/C15H26/c1-3-5-7-9-11-13-15-14-12-10-8-6-4-2/h3-4,6,8,10H,1,5,7,9,11-15H2,2H3/b6-4-,10-8+. The molecule has 0 rings (SSSR count). The second kappa shape index (κ2) is 13.2. The molecular weight excluding hydrogens is 180 g/mol. The average molecular weight is 206 g/mol. The van der Waals surface area contributed by atoms with E-state index in [-0.39, 0.29) is 0 Å². The first-order chi connectivity index (χ1) is 7.41. The molecule has 0 unspecified atom stereocenters. The van der Waals surface area contributed by atoms with Crippen molar-refractivity contribution < 1.29 is 0 Å². The lowest BCUT2D eigenvalue weighted by Gasteiger charge is -1.98. The van der Waals surface area contributed by atoms with Gasteiger partial charge in [0.15, 0.2) is 0 Å². The van der Waals surface area contributed by atoms with Gasteiger partial charge in [0.05, 0.1) is 0 Å². The van der Waals surface area contributed by atoms with Gasteiger partial charge in [0.1, 0.15) is 0 Å². The third-order valence-electron chi connectivity index (χ3n) is 2.47. The molecule has 86 valence electrons. The third-order valence-corrected chi connectivity index (χ3v) is 2.47. The first kappa shape index (κ1) is 14.2. The molecule has 0 fully saturated rings. The maximum Gasteiger partial charge on any atom is -0.0348 e. The van der Waals surface area contributed by atoms with Gasteiger partial charge >= 0.3 is 0 Å². The summed E-state index contributed by atoms with van der Waals surface area (Å²) in [6, 6.07) is 0. The van der Waals surface area contributed by atoms with Gasteiger partial charge in [0, 0.05) is 0 Å². The zero-order chi connectivity index (χ0) is 11.2. The normalized spacial score (nSPS) is 11.5. The highest BCUT2D eigenvalue weighted by Crippen LogP contribution is 2.08. The van der Waals surface area contributed by atoms with E-state index in [1.807, 2.05) is 13.0 Å². The van der Waals surface area contributed by atoms with Gasteiger partial charge in [-0.2, -0.15) is 0 Å².